The molecule has 1 aromatic rings. The molecule has 2 heterocycles. The second kappa shape index (κ2) is 7.18. The summed E-state index contributed by atoms with van der Waals surface area (Å²) in [5, 5.41) is 10.6. The molecule has 0 spiro atoms. The molecule has 1 N–H and O–H groups in total. The molecule has 0 aromatic carbocycles. The van der Waals surface area contributed by atoms with Gasteiger partial charge in [-0.25, -0.2) is 12.7 Å². The van der Waals surface area contributed by atoms with Gasteiger partial charge < -0.3 is 4.42 Å². The third-order valence-electron chi connectivity index (χ3n) is 4.85. The number of sulfonamides is 1. The maximum Gasteiger partial charge on any atom is 0.322 e. The van der Waals surface area contributed by atoms with E-state index in [9.17, 15) is 13.2 Å². The van der Waals surface area contributed by atoms with Gasteiger partial charge in [-0.1, -0.05) is 24.4 Å². The molecule has 0 radical (unpaired) electrons. The monoisotopic (exact) mass is 356 g/mol. The molecule has 2 aliphatic rings. The van der Waals surface area contributed by atoms with Crippen LogP contribution in [-0.2, 0) is 14.8 Å². The van der Waals surface area contributed by atoms with E-state index in [1.54, 1.807) is 0 Å². The van der Waals surface area contributed by atoms with Crippen molar-refractivity contribution in [3.05, 3.63) is 5.89 Å². The van der Waals surface area contributed by atoms with Gasteiger partial charge in [-0.3, -0.25) is 10.1 Å². The van der Waals surface area contributed by atoms with Crippen LogP contribution in [0.2, 0.25) is 0 Å². The van der Waals surface area contributed by atoms with E-state index in [0.717, 1.165) is 25.7 Å². The molecular formula is C15H24N4O4S. The molecule has 1 saturated heterocycles. The minimum Gasteiger partial charge on any atom is -0.408 e. The summed E-state index contributed by atoms with van der Waals surface area (Å²) in [4.78, 5) is 12.4. The SMILES string of the molecule is CS(=O)(=O)N1CCC[C@H](C(=O)Nc2nnc(C3CCCCC3)o2)C1. The summed E-state index contributed by atoms with van der Waals surface area (Å²) in [5.41, 5.74) is 0. The molecule has 1 saturated carbocycles. The number of hydrogen-bond donors (Lipinski definition) is 1. The van der Waals surface area contributed by atoms with Gasteiger partial charge in [-0.2, -0.15) is 0 Å². The first-order valence-electron chi connectivity index (χ1n) is 8.53. The number of carbonyl (C=O) groups excluding carboxylic acids is 1. The van der Waals surface area contributed by atoms with E-state index in [2.05, 4.69) is 15.5 Å². The van der Waals surface area contributed by atoms with E-state index >= 15 is 0 Å². The van der Waals surface area contributed by atoms with Gasteiger partial charge in [0.2, 0.25) is 21.8 Å². The van der Waals surface area contributed by atoms with Crippen molar-refractivity contribution < 1.29 is 17.6 Å². The number of amides is 1. The third kappa shape index (κ3) is 4.13. The van der Waals surface area contributed by atoms with Gasteiger partial charge in [0, 0.05) is 19.0 Å². The number of anilines is 1. The van der Waals surface area contributed by atoms with Crippen molar-refractivity contribution in [3.63, 3.8) is 0 Å². The summed E-state index contributed by atoms with van der Waals surface area (Å²) >= 11 is 0. The standard InChI is InChI=1S/C15H24N4O4S/c1-24(21,22)19-9-5-8-12(10-19)13(20)16-15-18-17-14(23-15)11-6-3-2-4-7-11/h11-12H,2-10H2,1H3,(H,16,18,20)/t12-/m0/s1. The molecule has 1 aliphatic carbocycles. The highest BCUT2D eigenvalue weighted by molar-refractivity contribution is 7.88. The lowest BCUT2D eigenvalue weighted by atomic mass is 9.89. The first-order chi connectivity index (χ1) is 11.4. The number of carbonyl (C=O) groups is 1. The molecule has 1 aromatic heterocycles. The van der Waals surface area contributed by atoms with Crippen molar-refractivity contribution in [3.8, 4) is 0 Å². The molecule has 0 unspecified atom stereocenters. The Labute approximate surface area is 142 Å². The van der Waals surface area contributed by atoms with Crippen molar-refractivity contribution in [2.24, 2.45) is 5.92 Å². The summed E-state index contributed by atoms with van der Waals surface area (Å²) in [6.45, 7) is 0.670. The summed E-state index contributed by atoms with van der Waals surface area (Å²) in [6.07, 6.45) is 8.15. The van der Waals surface area contributed by atoms with E-state index in [4.69, 9.17) is 4.42 Å². The van der Waals surface area contributed by atoms with E-state index in [1.165, 1.54) is 17.0 Å². The van der Waals surface area contributed by atoms with Gasteiger partial charge in [-0.15, -0.1) is 5.10 Å². The third-order valence-corrected chi connectivity index (χ3v) is 6.12. The number of nitrogens with one attached hydrogen (secondary N) is 1. The van der Waals surface area contributed by atoms with Crippen LogP contribution in [0, 0.1) is 5.92 Å². The Morgan fingerprint density at radius 1 is 1.17 bits per heavy atom. The molecule has 3 rings (SSSR count). The van der Waals surface area contributed by atoms with Gasteiger partial charge in [0.1, 0.15) is 0 Å². The summed E-state index contributed by atoms with van der Waals surface area (Å²) in [7, 11) is -3.27. The Bertz CT molecular complexity index is 681. The van der Waals surface area contributed by atoms with Crippen LogP contribution in [0.15, 0.2) is 4.42 Å². The molecular weight excluding hydrogens is 332 g/mol. The number of hydrogen-bond acceptors (Lipinski definition) is 6. The summed E-state index contributed by atoms with van der Waals surface area (Å²) < 4.78 is 30.2. The normalized spacial score (nSPS) is 24.0. The number of piperidine rings is 1. The van der Waals surface area contributed by atoms with E-state index < -0.39 is 15.9 Å². The maximum atomic E-state index is 12.4. The molecule has 8 nitrogen and oxygen atoms in total. The first kappa shape index (κ1) is 17.3. The zero-order valence-electron chi connectivity index (χ0n) is 13.9. The van der Waals surface area contributed by atoms with Crippen molar-refractivity contribution >= 4 is 21.9 Å². The highest BCUT2D eigenvalue weighted by Gasteiger charge is 2.31. The first-order valence-corrected chi connectivity index (χ1v) is 10.4. The highest BCUT2D eigenvalue weighted by atomic mass is 32.2. The van der Waals surface area contributed by atoms with E-state index in [1.807, 2.05) is 0 Å². The predicted octanol–water partition coefficient (Wildman–Crippen LogP) is 1.73. The lowest BCUT2D eigenvalue weighted by molar-refractivity contribution is -0.121. The van der Waals surface area contributed by atoms with Gasteiger partial charge in [0.15, 0.2) is 0 Å². The minimum absolute atomic E-state index is 0.108. The van der Waals surface area contributed by atoms with E-state index in [0.29, 0.717) is 25.3 Å². The van der Waals surface area contributed by atoms with Crippen LogP contribution in [0.25, 0.3) is 0 Å². The largest absolute Gasteiger partial charge is 0.408 e. The van der Waals surface area contributed by atoms with Crippen molar-refractivity contribution in [2.45, 2.75) is 50.9 Å². The fourth-order valence-electron chi connectivity index (χ4n) is 3.46. The van der Waals surface area contributed by atoms with Gasteiger partial charge >= 0.3 is 6.01 Å². The molecule has 1 atom stereocenters. The fraction of sp³-hybridized carbons (Fsp3) is 0.800. The topological polar surface area (TPSA) is 105 Å². The predicted molar refractivity (Wildman–Crippen MR) is 87.9 cm³/mol. The number of nitrogens with zero attached hydrogens (tertiary/aromatic N) is 3. The Morgan fingerprint density at radius 2 is 1.92 bits per heavy atom. The van der Waals surface area contributed by atoms with Crippen molar-refractivity contribution in [1.29, 1.82) is 0 Å². The molecule has 24 heavy (non-hydrogen) atoms. The van der Waals surface area contributed by atoms with Crippen LogP contribution in [0.4, 0.5) is 6.01 Å². The molecule has 9 heteroatoms. The van der Waals surface area contributed by atoms with Crippen LogP contribution >= 0.6 is 0 Å². The number of rotatable bonds is 4. The van der Waals surface area contributed by atoms with Crippen LogP contribution in [0.3, 0.4) is 0 Å². The smallest absolute Gasteiger partial charge is 0.322 e. The van der Waals surface area contributed by atoms with Crippen LogP contribution in [0.1, 0.15) is 56.8 Å². The second-order valence-corrected chi connectivity index (χ2v) is 8.71. The van der Waals surface area contributed by atoms with Gasteiger partial charge in [0.05, 0.1) is 12.2 Å². The second-order valence-electron chi connectivity index (χ2n) is 6.73. The fourth-order valence-corrected chi connectivity index (χ4v) is 4.38. The van der Waals surface area contributed by atoms with E-state index in [-0.39, 0.29) is 24.4 Å². The Kier molecular flexibility index (Phi) is 5.19. The highest BCUT2D eigenvalue weighted by Crippen LogP contribution is 2.32. The maximum absolute atomic E-state index is 12.4. The molecule has 2 fully saturated rings. The zero-order chi connectivity index (χ0) is 17.2. The molecule has 0 bridgehead atoms. The van der Waals surface area contributed by atoms with Gasteiger partial charge in [0.25, 0.3) is 0 Å². The van der Waals surface area contributed by atoms with Crippen molar-refractivity contribution in [2.75, 3.05) is 24.7 Å². The zero-order valence-corrected chi connectivity index (χ0v) is 14.7. The minimum atomic E-state index is -3.27. The Morgan fingerprint density at radius 3 is 2.62 bits per heavy atom. The Balaban J connectivity index is 1.59. The quantitative estimate of drug-likeness (QED) is 0.881. The van der Waals surface area contributed by atoms with Crippen LogP contribution in [-0.4, -0.2) is 48.2 Å². The Hall–Kier alpha value is -1.48. The number of aromatic nitrogens is 2. The lowest BCUT2D eigenvalue weighted by Crippen LogP contribution is -2.43. The summed E-state index contributed by atoms with van der Waals surface area (Å²) in [6, 6.07) is 0.108. The molecule has 134 valence electrons. The lowest BCUT2D eigenvalue weighted by Gasteiger charge is -2.29. The van der Waals surface area contributed by atoms with Gasteiger partial charge in [-0.05, 0) is 25.7 Å². The average Bonchev–Trinajstić information content (AvgIpc) is 3.03. The van der Waals surface area contributed by atoms with Crippen molar-refractivity contribution in [1.82, 2.24) is 14.5 Å². The van der Waals surface area contributed by atoms with Crippen LogP contribution < -0.4 is 5.32 Å². The molecule has 1 aliphatic heterocycles. The molecule has 1 amide bonds. The van der Waals surface area contributed by atoms with Crippen LogP contribution in [0.5, 0.6) is 0 Å². The summed E-state index contributed by atoms with van der Waals surface area (Å²) in [5.74, 6) is 0.222. The average molecular weight is 356 g/mol.